The minimum absolute atomic E-state index is 0.00553. The predicted molar refractivity (Wildman–Crippen MR) is 196 cm³/mol. The third kappa shape index (κ3) is 9.06. The molecule has 2 bridgehead atoms. The van der Waals surface area contributed by atoms with Crippen molar-refractivity contribution >= 4 is 62.4 Å². The molecule has 2 unspecified atom stereocenters. The Labute approximate surface area is 306 Å². The summed E-state index contributed by atoms with van der Waals surface area (Å²) in [5.41, 5.74) is 10.2. The maximum atomic E-state index is 14.7. The number of piperazine rings is 1. The lowest BCUT2D eigenvalue weighted by atomic mass is 9.82. The number of hydrogen-bond donors (Lipinski definition) is 2. The zero-order chi connectivity index (χ0) is 34.5. The van der Waals surface area contributed by atoms with E-state index in [0.29, 0.717) is 49.1 Å². The van der Waals surface area contributed by atoms with Crippen molar-refractivity contribution in [1.29, 1.82) is 0 Å². The summed E-state index contributed by atoms with van der Waals surface area (Å²) in [4.78, 5) is 43.0. The van der Waals surface area contributed by atoms with Crippen molar-refractivity contribution in [2.75, 3.05) is 19.7 Å². The molecule has 2 heterocycles. The third-order valence-corrected chi connectivity index (χ3v) is 10.7. The minimum atomic E-state index is -0.408. The van der Waals surface area contributed by atoms with E-state index in [4.69, 9.17) is 33.7 Å². The fourth-order valence-corrected chi connectivity index (χ4v) is 7.50. The Bertz CT molecular complexity index is 1730. The number of aryl methyl sites for hydroxylation is 1. The number of benzene rings is 3. The summed E-state index contributed by atoms with van der Waals surface area (Å²) in [6.07, 6.45) is 5.06. The molecule has 3 aliphatic rings. The molecule has 1 saturated carbocycles. The van der Waals surface area contributed by atoms with Crippen LogP contribution in [0.3, 0.4) is 0 Å². The largest absolute Gasteiger partial charge is 0.492 e. The highest BCUT2D eigenvalue weighted by Crippen LogP contribution is 2.38. The SMILES string of the molecule is NC(=O)CCCC(=O)N1CC2CC(c3ccc(CCCOc4cc(Cl)ccc4Br)cc3)=C(C(=O)N(Cc3ccccc3Cl)C3CC3)C(C1)N2. The van der Waals surface area contributed by atoms with E-state index in [-0.39, 0.29) is 42.8 Å². The fourth-order valence-electron chi connectivity index (χ4n) is 6.78. The van der Waals surface area contributed by atoms with Gasteiger partial charge in [-0.3, -0.25) is 14.4 Å². The molecule has 3 aromatic carbocycles. The zero-order valence-electron chi connectivity index (χ0n) is 27.3. The van der Waals surface area contributed by atoms with Crippen LogP contribution in [-0.4, -0.2) is 65.3 Å². The molecule has 3 aromatic rings. The van der Waals surface area contributed by atoms with Crippen LogP contribution >= 0.6 is 39.1 Å². The van der Waals surface area contributed by atoms with Gasteiger partial charge in [0, 0.05) is 60.2 Å². The molecule has 2 aliphatic heterocycles. The number of hydrogen-bond acceptors (Lipinski definition) is 5. The third-order valence-electron chi connectivity index (χ3n) is 9.41. The summed E-state index contributed by atoms with van der Waals surface area (Å²) < 4.78 is 6.82. The Morgan fingerprint density at radius 1 is 0.980 bits per heavy atom. The molecule has 6 rings (SSSR count). The smallest absolute Gasteiger partial charge is 0.252 e. The first-order valence-electron chi connectivity index (χ1n) is 16.9. The Kier molecular flexibility index (Phi) is 11.7. The van der Waals surface area contributed by atoms with Crippen LogP contribution in [-0.2, 0) is 27.3 Å². The molecule has 8 nitrogen and oxygen atoms in total. The van der Waals surface area contributed by atoms with Crippen molar-refractivity contribution in [3.05, 3.63) is 104 Å². The molecule has 2 atom stereocenters. The average Bonchev–Trinajstić information content (AvgIpc) is 3.93. The number of nitrogens with zero attached hydrogens (tertiary/aromatic N) is 2. The lowest BCUT2D eigenvalue weighted by Crippen LogP contribution is -2.62. The molecule has 3 N–H and O–H groups in total. The number of carbonyl (C=O) groups excluding carboxylic acids is 3. The van der Waals surface area contributed by atoms with Gasteiger partial charge in [0.2, 0.25) is 11.8 Å². The van der Waals surface area contributed by atoms with Crippen LogP contribution in [0.5, 0.6) is 5.75 Å². The lowest BCUT2D eigenvalue weighted by Gasteiger charge is -2.45. The molecule has 1 saturated heterocycles. The van der Waals surface area contributed by atoms with Crippen LogP contribution in [0.15, 0.2) is 76.8 Å². The van der Waals surface area contributed by atoms with Crippen molar-refractivity contribution < 1.29 is 19.1 Å². The van der Waals surface area contributed by atoms with Crippen LogP contribution in [0, 0.1) is 0 Å². The van der Waals surface area contributed by atoms with Gasteiger partial charge in [-0.2, -0.15) is 0 Å². The van der Waals surface area contributed by atoms with Gasteiger partial charge >= 0.3 is 0 Å². The first kappa shape index (κ1) is 35.5. The summed E-state index contributed by atoms with van der Waals surface area (Å²) in [6, 6.07) is 21.5. The van der Waals surface area contributed by atoms with Crippen LogP contribution in [0.1, 0.15) is 61.6 Å². The monoisotopic (exact) mass is 766 g/mol. The predicted octanol–water partition coefficient (Wildman–Crippen LogP) is 6.94. The summed E-state index contributed by atoms with van der Waals surface area (Å²) in [7, 11) is 0. The van der Waals surface area contributed by atoms with E-state index in [9.17, 15) is 14.4 Å². The second kappa shape index (κ2) is 16.1. The van der Waals surface area contributed by atoms with Crippen molar-refractivity contribution in [3.63, 3.8) is 0 Å². The minimum Gasteiger partial charge on any atom is -0.492 e. The van der Waals surface area contributed by atoms with Crippen LogP contribution in [0.25, 0.3) is 5.57 Å². The number of nitrogens with one attached hydrogen (secondary N) is 1. The van der Waals surface area contributed by atoms with Crippen molar-refractivity contribution in [2.24, 2.45) is 5.73 Å². The highest BCUT2D eigenvalue weighted by Gasteiger charge is 2.43. The number of nitrogens with two attached hydrogens (primary N) is 1. The van der Waals surface area contributed by atoms with Gasteiger partial charge in [-0.25, -0.2) is 0 Å². The standard InChI is InChI=1S/C38H41BrCl2N4O4/c39-31-17-14-27(40)19-34(31)49-18-4-5-24-10-12-25(13-11-24)30-20-28-22-44(36(47)9-3-8-35(42)46)23-33(43-28)37(30)38(48)45(29-15-16-29)21-26-6-1-2-7-32(26)41/h1-2,6-7,10-14,17,19,28-29,33,43H,3-5,8-9,15-16,18,20-23H2,(H2,42,46). The van der Waals surface area contributed by atoms with Gasteiger partial charge in [-0.05, 0) is 101 Å². The first-order chi connectivity index (χ1) is 23.7. The van der Waals surface area contributed by atoms with Gasteiger partial charge in [0.15, 0.2) is 0 Å². The van der Waals surface area contributed by atoms with E-state index in [1.54, 1.807) is 6.07 Å². The molecule has 3 amide bonds. The number of ether oxygens (including phenoxy) is 1. The van der Waals surface area contributed by atoms with E-state index in [1.807, 2.05) is 46.2 Å². The van der Waals surface area contributed by atoms with Gasteiger partial charge in [0.25, 0.3) is 5.91 Å². The quantitative estimate of drug-likeness (QED) is 0.173. The molecule has 11 heteroatoms. The Morgan fingerprint density at radius 3 is 2.49 bits per heavy atom. The number of amides is 3. The van der Waals surface area contributed by atoms with Gasteiger partial charge < -0.3 is 25.6 Å². The van der Waals surface area contributed by atoms with Crippen molar-refractivity contribution in [2.45, 2.75) is 76.0 Å². The summed E-state index contributed by atoms with van der Waals surface area (Å²) in [5, 5.41) is 4.95. The van der Waals surface area contributed by atoms with Crippen LogP contribution < -0.4 is 15.8 Å². The van der Waals surface area contributed by atoms with E-state index < -0.39 is 5.91 Å². The van der Waals surface area contributed by atoms with Crippen LogP contribution in [0.4, 0.5) is 0 Å². The number of rotatable bonds is 14. The number of fused-ring (bicyclic) bond motifs is 2. The molecule has 0 aromatic heterocycles. The molecule has 0 radical (unpaired) electrons. The topological polar surface area (TPSA) is 105 Å². The molecule has 49 heavy (non-hydrogen) atoms. The Morgan fingerprint density at radius 2 is 1.76 bits per heavy atom. The normalized spacial score (nSPS) is 18.7. The molecule has 0 spiro atoms. The highest BCUT2D eigenvalue weighted by molar-refractivity contribution is 9.10. The van der Waals surface area contributed by atoms with E-state index in [1.165, 1.54) is 5.56 Å². The van der Waals surface area contributed by atoms with Gasteiger partial charge in [0.1, 0.15) is 5.75 Å². The lowest BCUT2D eigenvalue weighted by molar-refractivity contribution is -0.134. The fraction of sp³-hybridized carbons (Fsp3) is 0.395. The first-order valence-corrected chi connectivity index (χ1v) is 18.5. The van der Waals surface area contributed by atoms with Crippen LogP contribution in [0.2, 0.25) is 10.0 Å². The number of primary amides is 1. The highest BCUT2D eigenvalue weighted by atomic mass is 79.9. The Balaban J connectivity index is 1.22. The average molecular weight is 769 g/mol. The summed E-state index contributed by atoms with van der Waals surface area (Å²) in [6.45, 7) is 1.92. The molecule has 2 fully saturated rings. The number of halogens is 3. The van der Waals surface area contributed by atoms with Gasteiger partial charge in [0.05, 0.1) is 17.1 Å². The van der Waals surface area contributed by atoms with E-state index >= 15 is 0 Å². The molecule has 1 aliphatic carbocycles. The second-order valence-electron chi connectivity index (χ2n) is 13.1. The van der Waals surface area contributed by atoms with Crippen molar-refractivity contribution in [3.8, 4) is 5.75 Å². The van der Waals surface area contributed by atoms with Gasteiger partial charge in [-0.1, -0.05) is 65.7 Å². The molecule has 258 valence electrons. The summed E-state index contributed by atoms with van der Waals surface area (Å²) in [5.74, 6) is 0.294. The van der Waals surface area contributed by atoms with E-state index in [2.05, 4.69) is 45.5 Å². The number of carbonyl (C=O) groups is 3. The van der Waals surface area contributed by atoms with Crippen molar-refractivity contribution in [1.82, 2.24) is 15.1 Å². The zero-order valence-corrected chi connectivity index (χ0v) is 30.4. The van der Waals surface area contributed by atoms with Gasteiger partial charge in [-0.15, -0.1) is 0 Å². The molecular weight excluding hydrogens is 727 g/mol. The summed E-state index contributed by atoms with van der Waals surface area (Å²) >= 11 is 16.2. The second-order valence-corrected chi connectivity index (χ2v) is 14.8. The maximum Gasteiger partial charge on any atom is 0.252 e. The van der Waals surface area contributed by atoms with E-state index in [0.717, 1.165) is 58.2 Å². The Hall–Kier alpha value is -3.37. The molecular formula is C38H41BrCl2N4O4. The maximum absolute atomic E-state index is 14.7.